The molecule has 0 bridgehead atoms. The van der Waals surface area contributed by atoms with E-state index in [9.17, 15) is 22.0 Å². The highest BCUT2D eigenvalue weighted by molar-refractivity contribution is 7.93. The third kappa shape index (κ3) is 5.29. The zero-order valence-corrected chi connectivity index (χ0v) is 20.8. The van der Waals surface area contributed by atoms with Gasteiger partial charge in [0.2, 0.25) is 0 Å². The molecule has 4 rings (SSSR count). The van der Waals surface area contributed by atoms with Crippen molar-refractivity contribution >= 4 is 27.1 Å². The molecule has 1 amide bonds. The second-order valence-electron chi connectivity index (χ2n) is 8.40. The molecule has 0 atom stereocenters. The van der Waals surface area contributed by atoms with Crippen LogP contribution in [0.3, 0.4) is 0 Å². The summed E-state index contributed by atoms with van der Waals surface area (Å²) in [5.41, 5.74) is 2.54. The van der Waals surface area contributed by atoms with Crippen LogP contribution in [0.5, 0.6) is 5.75 Å². The third-order valence-electron chi connectivity index (χ3n) is 6.20. The molecule has 2 aromatic carbocycles. The van der Waals surface area contributed by atoms with Gasteiger partial charge in [-0.25, -0.2) is 22.7 Å². The van der Waals surface area contributed by atoms with Gasteiger partial charge >= 0.3 is 0 Å². The molecule has 11 heteroatoms. The number of hydrogen-bond donors (Lipinski definition) is 2. The molecule has 3 aromatic rings. The van der Waals surface area contributed by atoms with E-state index in [0.29, 0.717) is 36.3 Å². The summed E-state index contributed by atoms with van der Waals surface area (Å²) in [5.74, 6) is -1.71. The standard InChI is InChI=1S/C25H25F2NO6S2/c26-18-3-8-22(23(27)15-18)17-14-20(35-16-17)2-1-11-34-19-4-6-21(7-5-19)36(31,32)25(24(29)28-30)9-12-33-13-10-25/h3-8,14-16,30H,1-2,9-13H2,(H,28,29). The first-order chi connectivity index (χ1) is 17.3. The topological polar surface area (TPSA) is 102 Å². The average molecular weight is 538 g/mol. The van der Waals surface area contributed by atoms with E-state index in [0.717, 1.165) is 10.9 Å². The van der Waals surface area contributed by atoms with E-state index >= 15 is 0 Å². The van der Waals surface area contributed by atoms with E-state index < -0.39 is 32.1 Å². The van der Waals surface area contributed by atoms with Crippen molar-refractivity contribution in [3.63, 3.8) is 0 Å². The molecule has 1 aliphatic heterocycles. The normalized spacial score (nSPS) is 15.4. The summed E-state index contributed by atoms with van der Waals surface area (Å²) < 4.78 is 62.8. The Morgan fingerprint density at radius 3 is 2.50 bits per heavy atom. The van der Waals surface area contributed by atoms with E-state index in [1.807, 2.05) is 11.4 Å². The molecule has 0 unspecified atom stereocenters. The monoisotopic (exact) mass is 537 g/mol. The number of nitrogens with one attached hydrogen (secondary N) is 1. The van der Waals surface area contributed by atoms with E-state index in [1.54, 1.807) is 0 Å². The lowest BCUT2D eigenvalue weighted by atomic mass is 9.98. The Morgan fingerprint density at radius 2 is 1.83 bits per heavy atom. The number of halogens is 2. The lowest BCUT2D eigenvalue weighted by molar-refractivity contribution is -0.134. The molecule has 1 aromatic heterocycles. The first-order valence-electron chi connectivity index (χ1n) is 11.3. The highest BCUT2D eigenvalue weighted by atomic mass is 32.2. The van der Waals surface area contributed by atoms with Crippen LogP contribution in [-0.4, -0.2) is 44.1 Å². The first-order valence-corrected chi connectivity index (χ1v) is 13.7. The van der Waals surface area contributed by atoms with Crippen molar-refractivity contribution in [1.82, 2.24) is 5.48 Å². The van der Waals surface area contributed by atoms with Gasteiger partial charge in [0.25, 0.3) is 5.91 Å². The fourth-order valence-corrected chi connectivity index (χ4v) is 7.04. The minimum absolute atomic E-state index is 0.0421. The Labute approximate surface area is 211 Å². The molecule has 1 aliphatic rings. The van der Waals surface area contributed by atoms with Crippen molar-refractivity contribution in [3.8, 4) is 16.9 Å². The molecule has 192 valence electrons. The van der Waals surface area contributed by atoms with Crippen molar-refractivity contribution in [2.45, 2.75) is 35.3 Å². The number of hydroxylamine groups is 1. The van der Waals surface area contributed by atoms with Gasteiger partial charge in [-0.05, 0) is 79.1 Å². The van der Waals surface area contributed by atoms with Gasteiger partial charge < -0.3 is 9.47 Å². The predicted molar refractivity (Wildman–Crippen MR) is 130 cm³/mol. The summed E-state index contributed by atoms with van der Waals surface area (Å²) in [5, 5.41) is 11.0. The Morgan fingerprint density at radius 1 is 1.11 bits per heavy atom. The number of hydrogen-bond acceptors (Lipinski definition) is 7. The SMILES string of the molecule is O=C(NO)C1(S(=O)(=O)c2ccc(OCCCc3cc(-c4ccc(F)cc4F)cs3)cc2)CCOCC1. The molecule has 36 heavy (non-hydrogen) atoms. The van der Waals surface area contributed by atoms with Gasteiger partial charge in [0.1, 0.15) is 17.4 Å². The van der Waals surface area contributed by atoms with Crippen molar-refractivity contribution in [3.05, 3.63) is 70.4 Å². The summed E-state index contributed by atoms with van der Waals surface area (Å²) in [6, 6.07) is 11.2. The molecule has 2 N–H and O–H groups in total. The number of carbonyl (C=O) groups excluding carboxylic acids is 1. The molecule has 2 heterocycles. The number of benzene rings is 2. The van der Waals surface area contributed by atoms with Crippen LogP contribution in [-0.2, 0) is 25.8 Å². The number of amides is 1. The quantitative estimate of drug-likeness (QED) is 0.236. The second-order valence-corrected chi connectivity index (χ2v) is 11.7. The molecular formula is C25H25F2NO6S2. The summed E-state index contributed by atoms with van der Waals surface area (Å²) in [6.45, 7) is 0.565. The smallest absolute Gasteiger partial charge is 0.265 e. The van der Waals surface area contributed by atoms with E-state index in [4.69, 9.17) is 14.7 Å². The Kier molecular flexibility index (Phi) is 8.04. The van der Waals surface area contributed by atoms with Gasteiger partial charge in [-0.3, -0.25) is 10.0 Å². The lowest BCUT2D eigenvalue weighted by Gasteiger charge is -2.34. The Hall–Kier alpha value is -2.86. The molecule has 0 spiro atoms. The average Bonchev–Trinajstić information content (AvgIpc) is 3.35. The molecule has 0 radical (unpaired) electrons. The van der Waals surface area contributed by atoms with Crippen LogP contribution in [0.15, 0.2) is 58.8 Å². The highest BCUT2D eigenvalue weighted by Gasteiger charge is 2.52. The predicted octanol–water partition coefficient (Wildman–Crippen LogP) is 4.53. The molecule has 0 aliphatic carbocycles. The summed E-state index contributed by atoms with van der Waals surface area (Å²) in [7, 11) is -4.09. The fourth-order valence-electron chi connectivity index (χ4n) is 4.17. The minimum Gasteiger partial charge on any atom is -0.494 e. The molecule has 7 nitrogen and oxygen atoms in total. The number of carbonyl (C=O) groups is 1. The number of aryl methyl sites for hydroxylation is 1. The summed E-state index contributed by atoms with van der Waals surface area (Å²) in [4.78, 5) is 13.3. The van der Waals surface area contributed by atoms with Crippen molar-refractivity contribution in [2.24, 2.45) is 0 Å². The van der Waals surface area contributed by atoms with Crippen molar-refractivity contribution in [1.29, 1.82) is 0 Å². The minimum atomic E-state index is -4.09. The van der Waals surface area contributed by atoms with Gasteiger partial charge in [-0.15, -0.1) is 11.3 Å². The van der Waals surface area contributed by atoms with Crippen LogP contribution in [0.4, 0.5) is 8.78 Å². The maximum atomic E-state index is 14.0. The van der Waals surface area contributed by atoms with E-state index in [1.165, 1.54) is 53.2 Å². The zero-order valence-electron chi connectivity index (χ0n) is 19.2. The van der Waals surface area contributed by atoms with Crippen LogP contribution >= 0.6 is 11.3 Å². The van der Waals surface area contributed by atoms with Crippen LogP contribution in [0.25, 0.3) is 11.1 Å². The second kappa shape index (κ2) is 11.0. The Bertz CT molecular complexity index is 1320. The molecule has 1 fully saturated rings. The molecular weight excluding hydrogens is 512 g/mol. The van der Waals surface area contributed by atoms with Gasteiger partial charge in [-0.2, -0.15) is 0 Å². The van der Waals surface area contributed by atoms with Crippen molar-refractivity contribution < 1.29 is 36.7 Å². The number of rotatable bonds is 9. The molecule has 1 saturated heterocycles. The van der Waals surface area contributed by atoms with Crippen molar-refractivity contribution in [2.75, 3.05) is 19.8 Å². The van der Waals surface area contributed by atoms with Gasteiger partial charge in [0.15, 0.2) is 14.6 Å². The highest BCUT2D eigenvalue weighted by Crippen LogP contribution is 2.36. The van der Waals surface area contributed by atoms with Gasteiger partial charge in [0, 0.05) is 29.7 Å². The molecule has 0 saturated carbocycles. The maximum absolute atomic E-state index is 14.0. The van der Waals surface area contributed by atoms with Crippen LogP contribution < -0.4 is 10.2 Å². The maximum Gasteiger partial charge on any atom is 0.265 e. The first kappa shape index (κ1) is 26.2. The number of sulfone groups is 1. The van der Waals surface area contributed by atoms with Crippen LogP contribution in [0.1, 0.15) is 24.1 Å². The Balaban J connectivity index is 1.34. The largest absolute Gasteiger partial charge is 0.494 e. The van der Waals surface area contributed by atoms with Crippen LogP contribution in [0.2, 0.25) is 0 Å². The zero-order chi connectivity index (χ0) is 25.8. The van der Waals surface area contributed by atoms with E-state index in [-0.39, 0.29) is 31.0 Å². The fraction of sp³-hybridized carbons (Fsp3) is 0.320. The summed E-state index contributed by atoms with van der Waals surface area (Å²) in [6.07, 6.45) is 1.25. The third-order valence-corrected chi connectivity index (χ3v) is 9.71. The van der Waals surface area contributed by atoms with Crippen LogP contribution in [0, 0.1) is 11.6 Å². The van der Waals surface area contributed by atoms with Gasteiger partial charge in [0.05, 0.1) is 11.5 Å². The van der Waals surface area contributed by atoms with Gasteiger partial charge in [-0.1, -0.05) is 0 Å². The number of thiophene rings is 1. The lowest BCUT2D eigenvalue weighted by Crippen LogP contribution is -2.54. The summed E-state index contributed by atoms with van der Waals surface area (Å²) >= 11 is 1.48. The number of ether oxygens (including phenoxy) is 2. The van der Waals surface area contributed by atoms with E-state index in [2.05, 4.69) is 0 Å².